The largest absolute Gasteiger partial charge is 0.310 e. The fourth-order valence-corrected chi connectivity index (χ4v) is 3.41. The molecule has 0 heterocycles. The summed E-state index contributed by atoms with van der Waals surface area (Å²) in [7, 11) is 0. The molecule has 0 saturated heterocycles. The van der Waals surface area contributed by atoms with E-state index in [4.69, 9.17) is 0 Å². The molecule has 0 bridgehead atoms. The van der Waals surface area contributed by atoms with Crippen LogP contribution in [0, 0.1) is 5.92 Å². The van der Waals surface area contributed by atoms with Crippen molar-refractivity contribution in [3.05, 3.63) is 28.2 Å². The number of rotatable bonds is 7. The van der Waals surface area contributed by atoms with Crippen LogP contribution in [0.2, 0.25) is 0 Å². The van der Waals surface area contributed by atoms with Gasteiger partial charge in [-0.3, -0.25) is 0 Å². The van der Waals surface area contributed by atoms with Crippen molar-refractivity contribution in [1.82, 2.24) is 5.32 Å². The van der Waals surface area contributed by atoms with Crippen LogP contribution < -0.4 is 5.32 Å². The third kappa shape index (κ3) is 4.60. The summed E-state index contributed by atoms with van der Waals surface area (Å²) in [5, 5.41) is 3.56. The summed E-state index contributed by atoms with van der Waals surface area (Å²) in [6.07, 6.45) is 3.96. The summed E-state index contributed by atoms with van der Waals surface area (Å²) < 4.78 is 1.24. The summed E-state index contributed by atoms with van der Waals surface area (Å²) in [6, 6.07) is 7.54. The molecular weight excluding hydrogens is 306 g/mol. The minimum Gasteiger partial charge on any atom is -0.310 e. The summed E-state index contributed by atoms with van der Waals surface area (Å²) in [5.74, 6) is 2.01. The van der Waals surface area contributed by atoms with E-state index in [2.05, 4.69) is 53.3 Å². The van der Waals surface area contributed by atoms with Gasteiger partial charge in [0.2, 0.25) is 0 Å². The Labute approximate surface area is 123 Å². The number of halogens is 1. The van der Waals surface area contributed by atoms with Crippen LogP contribution in [0.1, 0.15) is 38.7 Å². The highest BCUT2D eigenvalue weighted by atomic mass is 79.9. The Morgan fingerprint density at radius 3 is 2.83 bits per heavy atom. The van der Waals surface area contributed by atoms with Crippen molar-refractivity contribution < 1.29 is 0 Å². The van der Waals surface area contributed by atoms with E-state index >= 15 is 0 Å². The Morgan fingerprint density at radius 1 is 1.44 bits per heavy atom. The normalized spacial score (nSPS) is 16.8. The van der Waals surface area contributed by atoms with Crippen molar-refractivity contribution in [2.24, 2.45) is 5.92 Å². The average Bonchev–Trinajstić information content (AvgIpc) is 3.18. The minimum atomic E-state index is 0.774. The van der Waals surface area contributed by atoms with E-state index in [0.29, 0.717) is 0 Å². The molecule has 1 aliphatic rings. The van der Waals surface area contributed by atoms with Crippen LogP contribution in [-0.4, -0.2) is 11.8 Å². The van der Waals surface area contributed by atoms with Crippen molar-refractivity contribution >= 4 is 27.7 Å². The molecule has 1 aromatic carbocycles. The molecule has 0 spiro atoms. The second-order valence-corrected chi connectivity index (χ2v) is 7.18. The van der Waals surface area contributed by atoms with Crippen molar-refractivity contribution in [3.63, 3.8) is 0 Å². The molecule has 1 unspecified atom stereocenters. The molecule has 18 heavy (non-hydrogen) atoms. The van der Waals surface area contributed by atoms with Gasteiger partial charge in [-0.1, -0.05) is 42.3 Å². The van der Waals surface area contributed by atoms with Gasteiger partial charge in [0, 0.05) is 27.7 Å². The highest BCUT2D eigenvalue weighted by Crippen LogP contribution is 2.28. The molecule has 100 valence electrons. The van der Waals surface area contributed by atoms with Gasteiger partial charge in [0.05, 0.1) is 0 Å². The summed E-state index contributed by atoms with van der Waals surface area (Å²) >= 11 is 5.65. The molecule has 0 radical (unpaired) electrons. The smallest absolute Gasteiger partial charge is 0.0231 e. The molecule has 3 heteroatoms. The van der Waals surface area contributed by atoms with Gasteiger partial charge in [0.15, 0.2) is 0 Å². The van der Waals surface area contributed by atoms with Gasteiger partial charge >= 0.3 is 0 Å². The number of hydrogen-bond acceptors (Lipinski definition) is 2. The maximum atomic E-state index is 3.69. The number of hydrogen-bond donors (Lipinski definition) is 1. The van der Waals surface area contributed by atoms with E-state index in [9.17, 15) is 0 Å². The maximum absolute atomic E-state index is 3.69. The van der Waals surface area contributed by atoms with Gasteiger partial charge in [-0.05, 0) is 36.5 Å². The van der Waals surface area contributed by atoms with E-state index < -0.39 is 0 Å². The lowest BCUT2D eigenvalue weighted by molar-refractivity contribution is 0.637. The lowest BCUT2D eigenvalue weighted by Gasteiger charge is -2.10. The Kier molecular flexibility index (Phi) is 5.58. The molecule has 1 aliphatic carbocycles. The second kappa shape index (κ2) is 6.97. The Hall–Kier alpha value is 0.01000. The van der Waals surface area contributed by atoms with Crippen LogP contribution in [0.25, 0.3) is 0 Å². The van der Waals surface area contributed by atoms with Gasteiger partial charge < -0.3 is 5.32 Å². The van der Waals surface area contributed by atoms with Gasteiger partial charge in [0.1, 0.15) is 0 Å². The van der Waals surface area contributed by atoms with Crippen molar-refractivity contribution in [1.29, 1.82) is 0 Å². The predicted octanol–water partition coefficient (Wildman–Crippen LogP) is 4.84. The predicted molar refractivity (Wildman–Crippen MR) is 84.2 cm³/mol. The molecule has 1 atom stereocenters. The zero-order chi connectivity index (χ0) is 13.0. The monoisotopic (exact) mass is 327 g/mol. The standard InChI is InChI=1S/C15H22BrNS/c1-3-11(2)10-18-14-7-4-12(15(16)8-14)9-17-13-5-6-13/h4,7-8,11,13,17H,3,5-6,9-10H2,1-2H3. The van der Waals surface area contributed by atoms with Crippen molar-refractivity contribution in [3.8, 4) is 0 Å². The first kappa shape index (κ1) is 14.4. The Bertz CT molecular complexity index is 390. The highest BCUT2D eigenvalue weighted by Gasteiger charge is 2.20. The lowest BCUT2D eigenvalue weighted by atomic mass is 10.2. The fraction of sp³-hybridized carbons (Fsp3) is 0.600. The van der Waals surface area contributed by atoms with Crippen LogP contribution in [0.5, 0.6) is 0 Å². The van der Waals surface area contributed by atoms with Gasteiger partial charge in [0.25, 0.3) is 0 Å². The zero-order valence-corrected chi connectivity index (χ0v) is 13.6. The SMILES string of the molecule is CCC(C)CSc1ccc(CNC2CC2)c(Br)c1. The number of nitrogens with one attached hydrogen (secondary N) is 1. The third-order valence-electron chi connectivity index (χ3n) is 3.41. The number of thioether (sulfide) groups is 1. The lowest BCUT2D eigenvalue weighted by Crippen LogP contribution is -2.15. The topological polar surface area (TPSA) is 12.0 Å². The van der Waals surface area contributed by atoms with Crippen LogP contribution >= 0.6 is 27.7 Å². The van der Waals surface area contributed by atoms with E-state index in [1.807, 2.05) is 11.8 Å². The molecule has 0 aliphatic heterocycles. The van der Waals surface area contributed by atoms with Crippen molar-refractivity contribution in [2.75, 3.05) is 5.75 Å². The molecule has 1 N–H and O–H groups in total. The van der Waals surface area contributed by atoms with E-state index in [0.717, 1.165) is 18.5 Å². The molecular formula is C15H22BrNS. The van der Waals surface area contributed by atoms with Crippen LogP contribution in [0.4, 0.5) is 0 Å². The average molecular weight is 328 g/mol. The molecule has 0 amide bonds. The molecule has 2 rings (SSSR count). The quantitative estimate of drug-likeness (QED) is 0.719. The van der Waals surface area contributed by atoms with E-state index in [1.54, 1.807) is 0 Å². The van der Waals surface area contributed by atoms with Crippen molar-refractivity contribution in [2.45, 2.75) is 50.6 Å². The highest BCUT2D eigenvalue weighted by molar-refractivity contribution is 9.10. The minimum absolute atomic E-state index is 0.774. The Morgan fingerprint density at radius 2 is 2.22 bits per heavy atom. The molecule has 1 nitrogen and oxygen atoms in total. The first-order valence-electron chi connectivity index (χ1n) is 6.83. The molecule has 1 aromatic rings. The summed E-state index contributed by atoms with van der Waals surface area (Å²) in [5.41, 5.74) is 1.37. The first-order valence-corrected chi connectivity index (χ1v) is 8.61. The van der Waals surface area contributed by atoms with Crippen LogP contribution in [0.3, 0.4) is 0 Å². The van der Waals surface area contributed by atoms with Gasteiger partial charge in [-0.25, -0.2) is 0 Å². The van der Waals surface area contributed by atoms with E-state index in [-0.39, 0.29) is 0 Å². The second-order valence-electron chi connectivity index (χ2n) is 5.23. The van der Waals surface area contributed by atoms with Crippen LogP contribution in [0.15, 0.2) is 27.6 Å². The molecule has 1 fully saturated rings. The first-order chi connectivity index (χ1) is 8.69. The Balaban J connectivity index is 1.87. The summed E-state index contributed by atoms with van der Waals surface area (Å²) in [6.45, 7) is 5.56. The van der Waals surface area contributed by atoms with Gasteiger partial charge in [-0.2, -0.15) is 0 Å². The summed E-state index contributed by atoms with van der Waals surface area (Å²) in [4.78, 5) is 1.37. The van der Waals surface area contributed by atoms with Crippen LogP contribution in [-0.2, 0) is 6.54 Å². The maximum Gasteiger partial charge on any atom is 0.0231 e. The zero-order valence-electron chi connectivity index (χ0n) is 11.2. The van der Waals surface area contributed by atoms with E-state index in [1.165, 1.54) is 39.9 Å². The molecule has 0 aromatic heterocycles. The fourth-order valence-electron chi connectivity index (χ4n) is 1.66. The number of benzene rings is 1. The van der Waals surface area contributed by atoms with Gasteiger partial charge in [-0.15, -0.1) is 11.8 Å². The molecule has 1 saturated carbocycles. The third-order valence-corrected chi connectivity index (χ3v) is 5.48.